The Kier molecular flexibility index (Phi) is 8.56. The summed E-state index contributed by atoms with van der Waals surface area (Å²) in [5, 5.41) is 9.98. The second-order valence-corrected chi connectivity index (χ2v) is 10.5. The quantitative estimate of drug-likeness (QED) is 0.219. The summed E-state index contributed by atoms with van der Waals surface area (Å²) in [6.07, 6.45) is -0.215. The van der Waals surface area contributed by atoms with Crippen LogP contribution in [0, 0.1) is 0 Å². The van der Waals surface area contributed by atoms with E-state index in [0.29, 0.717) is 12.2 Å². The molecule has 2 aliphatic heterocycles. The number of nitrogens with one attached hydrogen (secondary N) is 4. The van der Waals surface area contributed by atoms with Crippen molar-refractivity contribution in [3.8, 4) is 5.75 Å². The number of esters is 1. The van der Waals surface area contributed by atoms with E-state index >= 15 is 0 Å². The van der Waals surface area contributed by atoms with Gasteiger partial charge in [-0.25, -0.2) is 5.09 Å². The number of hydrogen-bond donors (Lipinski definition) is 5. The number of rotatable bonds is 11. The van der Waals surface area contributed by atoms with Crippen LogP contribution in [0.15, 0.2) is 42.2 Å². The number of hydrogen-bond acceptors (Lipinski definition) is 10. The maximum Gasteiger partial charge on any atom is 0.342 e. The van der Waals surface area contributed by atoms with Gasteiger partial charge in [0.1, 0.15) is 24.4 Å². The number of para-hydroxylation sites is 1. The maximum atomic E-state index is 13.7. The lowest BCUT2D eigenvalue weighted by Gasteiger charge is -2.37. The molecule has 2 aliphatic rings. The summed E-state index contributed by atoms with van der Waals surface area (Å²) in [5.41, 5.74) is 9.52. The smallest absolute Gasteiger partial charge is 0.342 e. The van der Waals surface area contributed by atoms with E-state index in [-0.39, 0.29) is 18.4 Å². The molecule has 1 aromatic rings. The van der Waals surface area contributed by atoms with Gasteiger partial charge in [-0.2, -0.15) is 5.43 Å². The van der Waals surface area contributed by atoms with Gasteiger partial charge in [-0.05, 0) is 39.8 Å². The molecule has 0 radical (unpaired) electrons. The van der Waals surface area contributed by atoms with E-state index in [1.54, 1.807) is 63.2 Å². The first-order chi connectivity index (χ1) is 16.1. The van der Waals surface area contributed by atoms with E-state index in [4.69, 9.17) is 19.7 Å². The Hall–Kier alpha value is -2.63. The molecule has 4 unspecified atom stereocenters. The molecular weight excluding hydrogens is 463 g/mol. The van der Waals surface area contributed by atoms with Gasteiger partial charge in [0.25, 0.3) is 5.91 Å². The monoisotopic (exact) mass is 496 g/mol. The molecule has 2 heterocycles. The van der Waals surface area contributed by atoms with Crippen LogP contribution in [0.5, 0.6) is 5.75 Å². The average molecular weight is 497 g/mol. The van der Waals surface area contributed by atoms with E-state index in [2.05, 4.69) is 21.1 Å². The number of carbonyl (C=O) groups is 2. The molecule has 13 heteroatoms. The van der Waals surface area contributed by atoms with Crippen LogP contribution in [0.25, 0.3) is 0 Å². The molecule has 0 spiro atoms. The molecule has 0 bridgehead atoms. The zero-order valence-electron chi connectivity index (χ0n) is 19.7. The predicted octanol–water partition coefficient (Wildman–Crippen LogP) is 0.890. The van der Waals surface area contributed by atoms with Crippen molar-refractivity contribution in [3.05, 3.63) is 42.2 Å². The molecule has 12 nitrogen and oxygen atoms in total. The highest BCUT2D eigenvalue weighted by Crippen LogP contribution is 2.44. The summed E-state index contributed by atoms with van der Waals surface area (Å²) in [7, 11) is -3.66. The highest BCUT2D eigenvalue weighted by atomic mass is 31.2. The van der Waals surface area contributed by atoms with Crippen molar-refractivity contribution in [3.63, 3.8) is 0 Å². The minimum absolute atomic E-state index is 0.252. The van der Waals surface area contributed by atoms with Crippen molar-refractivity contribution in [2.24, 2.45) is 5.73 Å². The first-order valence-electron chi connectivity index (χ1n) is 11.1. The zero-order valence-corrected chi connectivity index (χ0v) is 20.6. The molecule has 1 saturated heterocycles. The van der Waals surface area contributed by atoms with Crippen molar-refractivity contribution < 1.29 is 28.2 Å². The number of amides is 1. The fourth-order valence-electron chi connectivity index (χ4n) is 3.41. The van der Waals surface area contributed by atoms with Gasteiger partial charge in [-0.15, -0.1) is 0 Å². The van der Waals surface area contributed by atoms with Crippen molar-refractivity contribution in [2.45, 2.75) is 64.8 Å². The lowest BCUT2D eigenvalue weighted by atomic mass is 10.2. The number of carbonyl (C=O) groups excluding carboxylic acids is 2. The van der Waals surface area contributed by atoms with Crippen LogP contribution >= 0.6 is 7.52 Å². The fourth-order valence-corrected chi connectivity index (χ4v) is 5.20. The molecule has 34 heavy (non-hydrogen) atoms. The van der Waals surface area contributed by atoms with Gasteiger partial charge in [0.05, 0.1) is 17.9 Å². The Morgan fingerprint density at radius 1 is 1.24 bits per heavy atom. The molecule has 1 amide bonds. The molecular formula is C21H33N6O6P. The maximum absolute atomic E-state index is 13.7. The summed E-state index contributed by atoms with van der Waals surface area (Å²) in [5.74, 6) is -0.417. The lowest BCUT2D eigenvalue weighted by Crippen LogP contribution is -2.70. The summed E-state index contributed by atoms with van der Waals surface area (Å²) >= 11 is 0. The van der Waals surface area contributed by atoms with E-state index < -0.39 is 38.1 Å². The molecule has 0 saturated carbocycles. The minimum atomic E-state index is -3.66. The molecule has 1 fully saturated rings. The normalized spacial score (nSPS) is 23.2. The van der Waals surface area contributed by atoms with Gasteiger partial charge >= 0.3 is 13.5 Å². The molecule has 3 rings (SSSR count). The summed E-state index contributed by atoms with van der Waals surface area (Å²) in [6, 6.07) is 7.77. The first-order valence-corrected chi connectivity index (χ1v) is 12.9. The van der Waals surface area contributed by atoms with Crippen LogP contribution in [0.3, 0.4) is 0 Å². The van der Waals surface area contributed by atoms with Gasteiger partial charge in [-0.3, -0.25) is 24.9 Å². The van der Waals surface area contributed by atoms with Gasteiger partial charge in [0, 0.05) is 12.6 Å². The van der Waals surface area contributed by atoms with Gasteiger partial charge in [-0.1, -0.05) is 18.2 Å². The molecule has 0 aromatic heterocycles. The number of nitrogens with two attached hydrogens (primary N) is 1. The van der Waals surface area contributed by atoms with Crippen LogP contribution < -0.4 is 31.4 Å². The SMILES string of the molecule is CC(C)OC(=O)[C@H](C)NP(=O)(COC(C)CC1=CNC2C(=O)NC(N)NN12)Oc1ccccc1. The molecule has 1 aromatic carbocycles. The third-order valence-electron chi connectivity index (χ3n) is 4.92. The average Bonchev–Trinajstić information content (AvgIpc) is 3.15. The molecule has 188 valence electrons. The van der Waals surface area contributed by atoms with Crippen LogP contribution in [-0.2, 0) is 23.6 Å². The molecule has 5 atom stereocenters. The third-order valence-corrected chi connectivity index (χ3v) is 6.69. The van der Waals surface area contributed by atoms with Crippen molar-refractivity contribution in [2.75, 3.05) is 6.35 Å². The lowest BCUT2D eigenvalue weighted by molar-refractivity contribution is -0.149. The van der Waals surface area contributed by atoms with Crippen LogP contribution in [0.2, 0.25) is 0 Å². The Bertz CT molecular complexity index is 945. The van der Waals surface area contributed by atoms with Crippen molar-refractivity contribution in [1.82, 2.24) is 26.2 Å². The van der Waals surface area contributed by atoms with E-state index in [0.717, 1.165) is 5.70 Å². The zero-order chi connectivity index (χ0) is 24.9. The number of hydrazine groups is 1. The summed E-state index contributed by atoms with van der Waals surface area (Å²) < 4.78 is 30.5. The van der Waals surface area contributed by atoms with E-state index in [1.165, 1.54) is 0 Å². The Balaban J connectivity index is 1.63. The number of ether oxygens (including phenoxy) is 2. The molecule has 6 N–H and O–H groups in total. The Morgan fingerprint density at radius 2 is 1.94 bits per heavy atom. The van der Waals surface area contributed by atoms with Gasteiger partial charge < -0.3 is 24.6 Å². The standard InChI is InChI=1S/C21H33N6O6P/c1-13(2)32-20(29)15(4)26-34(30,33-17-8-6-5-7-9-17)12-31-14(3)10-16-11-23-18-19(28)24-21(22)25-27(16)18/h5-9,11,13-15,18,21,23,25H,10,12,22H2,1-4H3,(H,24,28)(H,26,30)/t14?,15-,18?,21?,34?/m0/s1. The highest BCUT2D eigenvalue weighted by Gasteiger charge is 2.38. The predicted molar refractivity (Wildman–Crippen MR) is 125 cm³/mol. The number of nitrogens with zero attached hydrogens (tertiary/aromatic N) is 1. The third kappa shape index (κ3) is 6.94. The van der Waals surface area contributed by atoms with Crippen LogP contribution in [0.1, 0.15) is 34.1 Å². The van der Waals surface area contributed by atoms with Gasteiger partial charge in [0.15, 0.2) is 6.17 Å². The topological polar surface area (TPSA) is 156 Å². The second kappa shape index (κ2) is 11.2. The summed E-state index contributed by atoms with van der Waals surface area (Å²) in [4.78, 5) is 24.3. The van der Waals surface area contributed by atoms with Crippen LogP contribution in [-0.4, -0.2) is 53.9 Å². The fraction of sp³-hybridized carbons (Fsp3) is 0.524. The van der Waals surface area contributed by atoms with E-state index in [1.807, 2.05) is 6.07 Å². The largest absolute Gasteiger partial charge is 0.462 e. The van der Waals surface area contributed by atoms with Gasteiger partial charge in [0.2, 0.25) is 0 Å². The second-order valence-electron chi connectivity index (χ2n) is 8.41. The van der Waals surface area contributed by atoms with Crippen molar-refractivity contribution in [1.29, 1.82) is 0 Å². The van der Waals surface area contributed by atoms with Crippen molar-refractivity contribution >= 4 is 19.4 Å². The highest BCUT2D eigenvalue weighted by molar-refractivity contribution is 7.57. The minimum Gasteiger partial charge on any atom is -0.462 e. The Morgan fingerprint density at radius 3 is 2.62 bits per heavy atom. The Labute approximate surface area is 199 Å². The van der Waals surface area contributed by atoms with E-state index in [9.17, 15) is 14.2 Å². The number of fused-ring (bicyclic) bond motifs is 1. The summed E-state index contributed by atoms with van der Waals surface area (Å²) in [6.45, 7) is 6.84. The molecule has 0 aliphatic carbocycles. The first kappa shape index (κ1) is 26.0. The number of benzene rings is 1. The van der Waals surface area contributed by atoms with Crippen LogP contribution in [0.4, 0.5) is 0 Å².